The van der Waals surface area contributed by atoms with E-state index >= 15 is 0 Å². The third kappa shape index (κ3) is 3.01. The molecular weight excluding hydrogens is 318 g/mol. The number of carbonyl (C=O) groups excluding carboxylic acids is 1. The van der Waals surface area contributed by atoms with Gasteiger partial charge in [-0.05, 0) is 24.6 Å². The standard InChI is InChI=1S/C20H19NO4/c1-4-21-17-12-15(24-3)10-11-16(17)19(25-13(2)22)18(20(21)23)14-8-6-5-7-9-14/h5-12H,4H2,1-3H3. The van der Waals surface area contributed by atoms with Crippen molar-refractivity contribution in [1.29, 1.82) is 0 Å². The summed E-state index contributed by atoms with van der Waals surface area (Å²) in [4.78, 5) is 24.8. The molecule has 25 heavy (non-hydrogen) atoms. The second-order valence-electron chi connectivity index (χ2n) is 5.60. The molecule has 0 radical (unpaired) electrons. The minimum atomic E-state index is -0.469. The second-order valence-corrected chi connectivity index (χ2v) is 5.60. The predicted octanol–water partition coefficient (Wildman–Crippen LogP) is 3.62. The van der Waals surface area contributed by atoms with Gasteiger partial charge in [-0.1, -0.05) is 30.3 Å². The van der Waals surface area contributed by atoms with Crippen molar-refractivity contribution >= 4 is 16.9 Å². The monoisotopic (exact) mass is 337 g/mol. The summed E-state index contributed by atoms with van der Waals surface area (Å²) >= 11 is 0. The highest BCUT2D eigenvalue weighted by Gasteiger charge is 2.20. The van der Waals surface area contributed by atoms with Crippen LogP contribution in [-0.4, -0.2) is 17.6 Å². The Bertz CT molecular complexity index is 990. The predicted molar refractivity (Wildman–Crippen MR) is 97.2 cm³/mol. The zero-order chi connectivity index (χ0) is 18.0. The van der Waals surface area contributed by atoms with Gasteiger partial charge in [-0.15, -0.1) is 0 Å². The van der Waals surface area contributed by atoms with E-state index in [-0.39, 0.29) is 11.3 Å². The molecule has 3 aromatic rings. The summed E-state index contributed by atoms with van der Waals surface area (Å²) in [5, 5.41) is 0.691. The van der Waals surface area contributed by atoms with Crippen LogP contribution in [-0.2, 0) is 11.3 Å². The summed E-state index contributed by atoms with van der Waals surface area (Å²) in [6, 6.07) is 14.6. The zero-order valence-corrected chi connectivity index (χ0v) is 14.4. The maximum absolute atomic E-state index is 13.1. The first-order valence-corrected chi connectivity index (χ1v) is 8.05. The van der Waals surface area contributed by atoms with Gasteiger partial charge in [0.05, 0.1) is 18.2 Å². The fraction of sp³-hybridized carbons (Fsp3) is 0.200. The summed E-state index contributed by atoms with van der Waals surface area (Å²) in [7, 11) is 1.57. The molecule has 1 heterocycles. The third-order valence-corrected chi connectivity index (χ3v) is 4.05. The molecule has 0 amide bonds. The Hall–Kier alpha value is -3.08. The summed E-state index contributed by atoms with van der Waals surface area (Å²) in [5.41, 5.74) is 1.56. The van der Waals surface area contributed by atoms with E-state index in [4.69, 9.17) is 9.47 Å². The molecule has 0 saturated carbocycles. The van der Waals surface area contributed by atoms with Crippen LogP contribution in [0.2, 0.25) is 0 Å². The number of carbonyl (C=O) groups is 1. The lowest BCUT2D eigenvalue weighted by Gasteiger charge is -2.17. The Morgan fingerprint density at radius 3 is 2.44 bits per heavy atom. The maximum atomic E-state index is 13.1. The molecule has 5 nitrogen and oxygen atoms in total. The number of hydrogen-bond acceptors (Lipinski definition) is 4. The Labute approximate surface area is 145 Å². The average molecular weight is 337 g/mol. The Balaban J connectivity index is 2.47. The van der Waals surface area contributed by atoms with Crippen LogP contribution < -0.4 is 15.0 Å². The molecule has 0 fully saturated rings. The number of aryl methyl sites for hydroxylation is 1. The number of aromatic nitrogens is 1. The first kappa shape index (κ1) is 16.8. The number of ether oxygens (including phenoxy) is 2. The van der Waals surface area contributed by atoms with Gasteiger partial charge >= 0.3 is 5.97 Å². The van der Waals surface area contributed by atoms with Crippen molar-refractivity contribution in [2.24, 2.45) is 0 Å². The van der Waals surface area contributed by atoms with Crippen LogP contribution in [0.1, 0.15) is 13.8 Å². The van der Waals surface area contributed by atoms with Crippen molar-refractivity contribution < 1.29 is 14.3 Å². The van der Waals surface area contributed by atoms with Gasteiger partial charge in [0, 0.05) is 24.9 Å². The smallest absolute Gasteiger partial charge is 0.308 e. The van der Waals surface area contributed by atoms with E-state index in [1.165, 1.54) is 6.92 Å². The molecular formula is C20H19NO4. The average Bonchev–Trinajstić information content (AvgIpc) is 2.62. The van der Waals surface area contributed by atoms with Crippen molar-refractivity contribution in [3.05, 3.63) is 58.9 Å². The molecule has 2 aromatic carbocycles. The topological polar surface area (TPSA) is 57.5 Å². The fourth-order valence-corrected chi connectivity index (χ4v) is 2.95. The number of hydrogen-bond donors (Lipinski definition) is 0. The quantitative estimate of drug-likeness (QED) is 0.682. The van der Waals surface area contributed by atoms with E-state index < -0.39 is 5.97 Å². The molecule has 0 atom stereocenters. The van der Waals surface area contributed by atoms with Crippen LogP contribution in [0.25, 0.3) is 22.0 Å². The molecule has 1 aromatic heterocycles. The summed E-state index contributed by atoms with van der Waals surface area (Å²) in [6.45, 7) is 3.72. The molecule has 0 bridgehead atoms. The number of nitrogens with zero attached hydrogens (tertiary/aromatic N) is 1. The summed E-state index contributed by atoms with van der Waals surface area (Å²) in [6.07, 6.45) is 0. The Morgan fingerprint density at radius 2 is 1.84 bits per heavy atom. The molecule has 0 aliphatic rings. The van der Waals surface area contributed by atoms with Crippen LogP contribution in [0.3, 0.4) is 0 Å². The van der Waals surface area contributed by atoms with Gasteiger partial charge in [-0.25, -0.2) is 0 Å². The van der Waals surface area contributed by atoms with Gasteiger partial charge in [0.25, 0.3) is 5.56 Å². The Kier molecular flexibility index (Phi) is 4.57. The number of benzene rings is 2. The van der Waals surface area contributed by atoms with Crippen LogP contribution in [0, 0.1) is 0 Å². The van der Waals surface area contributed by atoms with Crippen molar-refractivity contribution in [3.8, 4) is 22.6 Å². The van der Waals surface area contributed by atoms with E-state index in [0.29, 0.717) is 34.3 Å². The van der Waals surface area contributed by atoms with Gasteiger partial charge in [-0.3, -0.25) is 9.59 Å². The molecule has 0 aliphatic carbocycles. The number of methoxy groups -OCH3 is 1. The lowest BCUT2D eigenvalue weighted by Crippen LogP contribution is -2.23. The molecule has 0 saturated heterocycles. The van der Waals surface area contributed by atoms with Crippen molar-refractivity contribution in [1.82, 2.24) is 4.57 Å². The summed E-state index contributed by atoms with van der Waals surface area (Å²) in [5.74, 6) is 0.448. The molecule has 5 heteroatoms. The highest BCUT2D eigenvalue weighted by atomic mass is 16.5. The van der Waals surface area contributed by atoms with E-state index in [2.05, 4.69) is 0 Å². The molecule has 0 aliphatic heterocycles. The van der Waals surface area contributed by atoms with Gasteiger partial charge in [-0.2, -0.15) is 0 Å². The highest BCUT2D eigenvalue weighted by Crippen LogP contribution is 2.35. The third-order valence-electron chi connectivity index (χ3n) is 4.05. The first-order chi connectivity index (χ1) is 12.1. The first-order valence-electron chi connectivity index (χ1n) is 8.05. The van der Waals surface area contributed by atoms with Gasteiger partial charge in [0.1, 0.15) is 5.75 Å². The van der Waals surface area contributed by atoms with Crippen molar-refractivity contribution in [3.63, 3.8) is 0 Å². The molecule has 128 valence electrons. The lowest BCUT2D eigenvalue weighted by molar-refractivity contribution is -0.131. The van der Waals surface area contributed by atoms with Gasteiger partial charge in [0.2, 0.25) is 0 Å². The number of rotatable bonds is 4. The number of pyridine rings is 1. The Morgan fingerprint density at radius 1 is 1.12 bits per heavy atom. The second kappa shape index (κ2) is 6.81. The van der Waals surface area contributed by atoms with Gasteiger partial charge in [0.15, 0.2) is 5.75 Å². The highest BCUT2D eigenvalue weighted by molar-refractivity contribution is 5.95. The minimum Gasteiger partial charge on any atom is -0.497 e. The minimum absolute atomic E-state index is 0.203. The normalized spacial score (nSPS) is 10.7. The summed E-state index contributed by atoms with van der Waals surface area (Å²) < 4.78 is 12.4. The SMILES string of the molecule is CCn1c(=O)c(-c2ccccc2)c(OC(C)=O)c2ccc(OC)cc21. The van der Waals surface area contributed by atoms with E-state index in [1.54, 1.807) is 23.8 Å². The van der Waals surface area contributed by atoms with E-state index in [9.17, 15) is 9.59 Å². The van der Waals surface area contributed by atoms with Crippen molar-refractivity contribution in [2.45, 2.75) is 20.4 Å². The van der Waals surface area contributed by atoms with Crippen molar-refractivity contribution in [2.75, 3.05) is 7.11 Å². The maximum Gasteiger partial charge on any atom is 0.308 e. The largest absolute Gasteiger partial charge is 0.497 e. The number of esters is 1. The van der Waals surface area contributed by atoms with Crippen LogP contribution in [0.5, 0.6) is 11.5 Å². The lowest BCUT2D eigenvalue weighted by atomic mass is 10.0. The van der Waals surface area contributed by atoms with Crippen LogP contribution in [0.15, 0.2) is 53.3 Å². The van der Waals surface area contributed by atoms with Crippen LogP contribution in [0.4, 0.5) is 0 Å². The van der Waals surface area contributed by atoms with E-state index in [1.807, 2.05) is 43.3 Å². The zero-order valence-electron chi connectivity index (χ0n) is 14.4. The van der Waals surface area contributed by atoms with E-state index in [0.717, 1.165) is 0 Å². The molecule has 3 rings (SSSR count). The molecule has 0 unspecified atom stereocenters. The molecule has 0 spiro atoms. The van der Waals surface area contributed by atoms with Gasteiger partial charge < -0.3 is 14.0 Å². The molecule has 0 N–H and O–H groups in total. The van der Waals surface area contributed by atoms with Crippen LogP contribution >= 0.6 is 0 Å². The number of fused-ring (bicyclic) bond motifs is 1. The fourth-order valence-electron chi connectivity index (χ4n) is 2.95.